The van der Waals surface area contributed by atoms with Crippen molar-refractivity contribution in [2.75, 3.05) is 49.2 Å². The van der Waals surface area contributed by atoms with E-state index in [1.165, 1.54) is 25.1 Å². The van der Waals surface area contributed by atoms with Gasteiger partial charge in [0.15, 0.2) is 5.82 Å². The monoisotopic (exact) mass is 358 g/mol. The lowest BCUT2D eigenvalue weighted by molar-refractivity contribution is 0.122. The molecule has 0 amide bonds. The predicted molar refractivity (Wildman–Crippen MR) is 96.7 cm³/mol. The zero-order valence-electron chi connectivity index (χ0n) is 14.8. The zero-order valence-corrected chi connectivity index (χ0v) is 14.8. The molecule has 2 fully saturated rings. The van der Waals surface area contributed by atoms with E-state index in [0.29, 0.717) is 36.6 Å². The van der Waals surface area contributed by atoms with Crippen LogP contribution in [0.5, 0.6) is 0 Å². The van der Waals surface area contributed by atoms with Crippen molar-refractivity contribution in [1.82, 2.24) is 19.9 Å². The molecule has 0 radical (unpaired) electrons. The molecule has 0 unspecified atom stereocenters. The Labute approximate surface area is 152 Å². The molecule has 0 saturated carbocycles. The first-order valence-corrected chi connectivity index (χ1v) is 9.25. The van der Waals surface area contributed by atoms with E-state index in [-0.39, 0.29) is 5.82 Å². The van der Waals surface area contributed by atoms with Gasteiger partial charge in [0.1, 0.15) is 11.5 Å². The highest BCUT2D eigenvalue weighted by Crippen LogP contribution is 2.23. The highest BCUT2D eigenvalue weighted by Gasteiger charge is 2.21. The average molecular weight is 358 g/mol. The molecule has 0 atom stereocenters. The zero-order chi connectivity index (χ0) is 17.8. The number of pyridine rings is 1. The van der Waals surface area contributed by atoms with Crippen molar-refractivity contribution in [3.8, 4) is 11.5 Å². The van der Waals surface area contributed by atoms with E-state index in [1.807, 2.05) is 0 Å². The lowest BCUT2D eigenvalue weighted by Crippen LogP contribution is -2.38. The van der Waals surface area contributed by atoms with Crippen molar-refractivity contribution in [1.29, 1.82) is 0 Å². The van der Waals surface area contributed by atoms with Gasteiger partial charge in [-0.05, 0) is 25.0 Å². The third-order valence-electron chi connectivity index (χ3n) is 4.75. The standard InChI is InChI=1S/C18H23FN6O/c19-14-5-6-15(20-13-14)16-21-17(24-7-3-1-2-4-8-24)23-18(22-16)25-9-11-26-12-10-25/h5-6,13H,1-4,7-12H2. The summed E-state index contributed by atoms with van der Waals surface area (Å²) in [6.07, 6.45) is 5.96. The second-order valence-corrected chi connectivity index (χ2v) is 6.62. The Bertz CT molecular complexity index is 727. The molecule has 8 heteroatoms. The summed E-state index contributed by atoms with van der Waals surface area (Å²) in [6, 6.07) is 2.99. The summed E-state index contributed by atoms with van der Waals surface area (Å²) in [6.45, 7) is 4.72. The molecule has 7 nitrogen and oxygen atoms in total. The van der Waals surface area contributed by atoms with E-state index in [2.05, 4.69) is 24.8 Å². The molecular formula is C18H23FN6O. The minimum atomic E-state index is -0.371. The van der Waals surface area contributed by atoms with E-state index in [9.17, 15) is 4.39 Å². The minimum Gasteiger partial charge on any atom is -0.378 e. The number of anilines is 2. The molecule has 2 aliphatic rings. The average Bonchev–Trinajstić information content (AvgIpc) is 2.98. The minimum absolute atomic E-state index is 0.371. The summed E-state index contributed by atoms with van der Waals surface area (Å²) in [4.78, 5) is 22.5. The Morgan fingerprint density at radius 1 is 0.808 bits per heavy atom. The molecule has 138 valence electrons. The van der Waals surface area contributed by atoms with Crippen molar-refractivity contribution in [2.45, 2.75) is 25.7 Å². The van der Waals surface area contributed by atoms with Crippen LogP contribution >= 0.6 is 0 Å². The Morgan fingerprint density at radius 3 is 2.08 bits per heavy atom. The van der Waals surface area contributed by atoms with E-state index in [4.69, 9.17) is 9.72 Å². The Balaban J connectivity index is 1.71. The molecule has 0 aromatic carbocycles. The van der Waals surface area contributed by atoms with Gasteiger partial charge in [0, 0.05) is 26.2 Å². The van der Waals surface area contributed by atoms with Gasteiger partial charge in [0.2, 0.25) is 11.9 Å². The Hall–Kier alpha value is -2.35. The summed E-state index contributed by atoms with van der Waals surface area (Å²) < 4.78 is 18.7. The van der Waals surface area contributed by atoms with Gasteiger partial charge in [-0.1, -0.05) is 12.8 Å². The van der Waals surface area contributed by atoms with Gasteiger partial charge >= 0.3 is 0 Å². The van der Waals surface area contributed by atoms with Crippen molar-refractivity contribution in [3.05, 3.63) is 24.1 Å². The van der Waals surface area contributed by atoms with Gasteiger partial charge in [-0.2, -0.15) is 15.0 Å². The topological polar surface area (TPSA) is 67.3 Å². The molecule has 2 aromatic rings. The first kappa shape index (κ1) is 17.1. The number of aromatic nitrogens is 4. The van der Waals surface area contributed by atoms with Crippen molar-refractivity contribution in [3.63, 3.8) is 0 Å². The van der Waals surface area contributed by atoms with Gasteiger partial charge in [-0.25, -0.2) is 9.37 Å². The summed E-state index contributed by atoms with van der Waals surface area (Å²) in [5.74, 6) is 1.44. The maximum atomic E-state index is 13.2. The number of morpholine rings is 1. The van der Waals surface area contributed by atoms with E-state index < -0.39 is 0 Å². The summed E-state index contributed by atoms with van der Waals surface area (Å²) >= 11 is 0. The quantitative estimate of drug-likeness (QED) is 0.834. The van der Waals surface area contributed by atoms with E-state index >= 15 is 0 Å². The fourth-order valence-corrected chi connectivity index (χ4v) is 3.29. The predicted octanol–water partition coefficient (Wildman–Crippen LogP) is 2.29. The highest BCUT2D eigenvalue weighted by molar-refractivity contribution is 5.54. The van der Waals surface area contributed by atoms with Crippen LogP contribution in [0.2, 0.25) is 0 Å². The molecule has 2 aliphatic heterocycles. The van der Waals surface area contributed by atoms with Gasteiger partial charge in [-0.15, -0.1) is 0 Å². The number of hydrogen-bond acceptors (Lipinski definition) is 7. The van der Waals surface area contributed by atoms with Crippen molar-refractivity contribution < 1.29 is 9.13 Å². The maximum Gasteiger partial charge on any atom is 0.230 e. The molecule has 0 aliphatic carbocycles. The fourth-order valence-electron chi connectivity index (χ4n) is 3.29. The Kier molecular flexibility index (Phi) is 5.19. The van der Waals surface area contributed by atoms with Crippen LogP contribution in [0.4, 0.5) is 16.3 Å². The smallest absolute Gasteiger partial charge is 0.230 e. The molecule has 4 rings (SSSR count). The normalized spacial score (nSPS) is 18.7. The van der Waals surface area contributed by atoms with Crippen LogP contribution in [-0.4, -0.2) is 59.3 Å². The molecule has 0 bridgehead atoms. The fraction of sp³-hybridized carbons (Fsp3) is 0.556. The highest BCUT2D eigenvalue weighted by atomic mass is 19.1. The summed E-state index contributed by atoms with van der Waals surface area (Å²) in [7, 11) is 0. The van der Waals surface area contributed by atoms with Gasteiger partial charge < -0.3 is 14.5 Å². The SMILES string of the molecule is Fc1ccc(-c2nc(N3CCCCCC3)nc(N3CCOCC3)n2)nc1. The van der Waals surface area contributed by atoms with Gasteiger partial charge in [-0.3, -0.25) is 0 Å². The molecular weight excluding hydrogens is 335 g/mol. The molecule has 26 heavy (non-hydrogen) atoms. The molecule has 0 N–H and O–H groups in total. The number of hydrogen-bond donors (Lipinski definition) is 0. The maximum absolute atomic E-state index is 13.2. The third kappa shape index (κ3) is 3.90. The largest absolute Gasteiger partial charge is 0.378 e. The molecule has 2 aromatic heterocycles. The number of halogens is 1. The number of nitrogens with zero attached hydrogens (tertiary/aromatic N) is 6. The first-order valence-electron chi connectivity index (χ1n) is 9.25. The third-order valence-corrected chi connectivity index (χ3v) is 4.75. The van der Waals surface area contributed by atoms with Crippen LogP contribution < -0.4 is 9.80 Å². The van der Waals surface area contributed by atoms with E-state index in [1.54, 1.807) is 6.07 Å². The van der Waals surface area contributed by atoms with E-state index in [0.717, 1.165) is 39.0 Å². The number of rotatable bonds is 3. The first-order chi connectivity index (χ1) is 12.8. The number of ether oxygens (including phenoxy) is 1. The molecule has 2 saturated heterocycles. The van der Waals surface area contributed by atoms with Gasteiger partial charge in [0.25, 0.3) is 0 Å². The second-order valence-electron chi connectivity index (χ2n) is 6.62. The molecule has 0 spiro atoms. The molecule has 4 heterocycles. The van der Waals surface area contributed by atoms with Crippen LogP contribution in [0.15, 0.2) is 18.3 Å². The van der Waals surface area contributed by atoms with Crippen LogP contribution in [-0.2, 0) is 4.74 Å². The Morgan fingerprint density at radius 2 is 1.46 bits per heavy atom. The lowest BCUT2D eigenvalue weighted by atomic mass is 10.2. The lowest BCUT2D eigenvalue weighted by Gasteiger charge is -2.28. The van der Waals surface area contributed by atoms with Crippen LogP contribution in [0, 0.1) is 5.82 Å². The van der Waals surface area contributed by atoms with Crippen LogP contribution in [0.3, 0.4) is 0 Å². The summed E-state index contributed by atoms with van der Waals surface area (Å²) in [5.41, 5.74) is 0.555. The van der Waals surface area contributed by atoms with Crippen molar-refractivity contribution in [2.24, 2.45) is 0 Å². The van der Waals surface area contributed by atoms with Crippen molar-refractivity contribution >= 4 is 11.9 Å². The van der Waals surface area contributed by atoms with Crippen LogP contribution in [0.1, 0.15) is 25.7 Å². The summed E-state index contributed by atoms with van der Waals surface area (Å²) in [5, 5.41) is 0. The van der Waals surface area contributed by atoms with Gasteiger partial charge in [0.05, 0.1) is 19.4 Å². The second kappa shape index (κ2) is 7.90. The van der Waals surface area contributed by atoms with Crippen LogP contribution in [0.25, 0.3) is 11.5 Å².